The number of carbonyl (C=O) groups is 1. The molecule has 8 nitrogen and oxygen atoms in total. The van der Waals surface area contributed by atoms with Gasteiger partial charge in [-0.05, 0) is 37.1 Å². The average molecular weight is 375 g/mol. The largest absolute Gasteiger partial charge is 0.297 e. The molecule has 0 N–H and O–H groups in total. The third kappa shape index (κ3) is 3.63. The Morgan fingerprint density at radius 2 is 1.96 bits per heavy atom. The number of Topliss-reactive ketones (excluding diaryl/α,β-unsaturated/α-hetero) is 1. The second-order valence-corrected chi connectivity index (χ2v) is 7.88. The summed E-state index contributed by atoms with van der Waals surface area (Å²) in [6, 6.07) is 9.20. The van der Waals surface area contributed by atoms with Crippen molar-refractivity contribution in [3.63, 3.8) is 0 Å². The second-order valence-electron chi connectivity index (χ2n) is 5.99. The Bertz CT molecular complexity index is 913. The Morgan fingerprint density at radius 1 is 1.23 bits per heavy atom. The van der Waals surface area contributed by atoms with Crippen LogP contribution in [0.2, 0.25) is 0 Å². The van der Waals surface area contributed by atoms with Gasteiger partial charge in [-0.25, -0.2) is 8.42 Å². The zero-order valence-electron chi connectivity index (χ0n) is 13.8. The van der Waals surface area contributed by atoms with Crippen LogP contribution in [0.3, 0.4) is 0 Å². The molecule has 1 aromatic heterocycles. The van der Waals surface area contributed by atoms with Crippen molar-refractivity contribution in [2.45, 2.75) is 30.2 Å². The summed E-state index contributed by atoms with van der Waals surface area (Å²) in [7, 11) is -3.90. The third-order valence-corrected chi connectivity index (χ3v) is 6.23. The highest BCUT2D eigenvalue weighted by Gasteiger charge is 2.39. The van der Waals surface area contributed by atoms with E-state index in [-0.39, 0.29) is 29.3 Å². The minimum absolute atomic E-state index is 0.0550. The van der Waals surface area contributed by atoms with Gasteiger partial charge < -0.3 is 0 Å². The number of hydrogen-bond donors (Lipinski definition) is 0. The molecule has 1 aliphatic rings. The van der Waals surface area contributed by atoms with E-state index < -0.39 is 21.0 Å². The summed E-state index contributed by atoms with van der Waals surface area (Å²) in [4.78, 5) is 26.8. The van der Waals surface area contributed by atoms with Crippen LogP contribution in [0.4, 0.5) is 5.69 Å². The summed E-state index contributed by atoms with van der Waals surface area (Å²) in [6.07, 6.45) is 2.70. The first-order valence-corrected chi connectivity index (χ1v) is 9.52. The number of pyridine rings is 1. The number of ketones is 1. The average Bonchev–Trinajstić information content (AvgIpc) is 3.13. The number of carbonyl (C=O) groups excluding carboxylic acids is 1. The Morgan fingerprint density at radius 3 is 2.58 bits per heavy atom. The molecule has 2 aromatic rings. The van der Waals surface area contributed by atoms with Gasteiger partial charge >= 0.3 is 0 Å². The quantitative estimate of drug-likeness (QED) is 0.564. The molecule has 0 spiro atoms. The maximum Gasteiger partial charge on any atom is 0.269 e. The van der Waals surface area contributed by atoms with Crippen LogP contribution in [-0.2, 0) is 21.2 Å². The number of nitrogens with zero attached hydrogens (tertiary/aromatic N) is 3. The summed E-state index contributed by atoms with van der Waals surface area (Å²) in [5.74, 6) is -0.202. The highest BCUT2D eigenvalue weighted by Crippen LogP contribution is 2.28. The number of non-ortho nitro benzene ring substituents is 1. The normalized spacial score (nSPS) is 17.9. The lowest BCUT2D eigenvalue weighted by molar-refractivity contribution is -0.384. The van der Waals surface area contributed by atoms with Crippen LogP contribution < -0.4 is 0 Å². The van der Waals surface area contributed by atoms with Crippen LogP contribution >= 0.6 is 0 Å². The molecule has 0 saturated carbocycles. The molecule has 0 radical (unpaired) electrons. The van der Waals surface area contributed by atoms with E-state index in [2.05, 4.69) is 4.98 Å². The van der Waals surface area contributed by atoms with Crippen molar-refractivity contribution in [1.29, 1.82) is 0 Å². The van der Waals surface area contributed by atoms with Gasteiger partial charge in [-0.1, -0.05) is 6.07 Å². The Balaban J connectivity index is 1.82. The fourth-order valence-corrected chi connectivity index (χ4v) is 4.70. The van der Waals surface area contributed by atoms with Gasteiger partial charge in [-0.15, -0.1) is 0 Å². The van der Waals surface area contributed by atoms with Crippen molar-refractivity contribution in [3.8, 4) is 0 Å². The fourth-order valence-electron chi connectivity index (χ4n) is 3.02. The Hall–Kier alpha value is -2.65. The van der Waals surface area contributed by atoms with E-state index in [9.17, 15) is 23.3 Å². The molecule has 136 valence electrons. The standard InChI is InChI=1S/C17H17N3O5S/c21-17(12-13-4-1-2-10-18-13)16-5-3-11-19(16)26(24,25)15-8-6-14(7-9-15)20(22)23/h1-2,4,6-10,16H,3,5,11-12H2/t16-/m0/s1. The highest BCUT2D eigenvalue weighted by atomic mass is 32.2. The van der Waals surface area contributed by atoms with Gasteiger partial charge in [0.1, 0.15) is 0 Å². The zero-order valence-corrected chi connectivity index (χ0v) is 14.6. The smallest absolute Gasteiger partial charge is 0.269 e. The predicted octanol–water partition coefficient (Wildman–Crippen LogP) is 1.95. The molecule has 2 heterocycles. The summed E-state index contributed by atoms with van der Waals surface area (Å²) >= 11 is 0. The van der Waals surface area contributed by atoms with Gasteiger partial charge in [0.15, 0.2) is 5.78 Å². The summed E-state index contributed by atoms with van der Waals surface area (Å²) < 4.78 is 26.9. The van der Waals surface area contributed by atoms with Crippen molar-refractivity contribution in [2.24, 2.45) is 0 Å². The lowest BCUT2D eigenvalue weighted by atomic mass is 10.1. The van der Waals surface area contributed by atoms with Crippen LogP contribution in [0, 0.1) is 10.1 Å². The van der Waals surface area contributed by atoms with E-state index in [0.29, 0.717) is 18.5 Å². The molecular weight excluding hydrogens is 358 g/mol. The maximum atomic E-state index is 12.9. The summed E-state index contributed by atoms with van der Waals surface area (Å²) in [6.45, 7) is 0.248. The van der Waals surface area contributed by atoms with Crippen LogP contribution in [0.1, 0.15) is 18.5 Å². The fraction of sp³-hybridized carbons (Fsp3) is 0.294. The summed E-state index contributed by atoms with van der Waals surface area (Å²) in [5.41, 5.74) is 0.408. The van der Waals surface area contributed by atoms with Crippen molar-refractivity contribution in [3.05, 3.63) is 64.5 Å². The molecule has 9 heteroatoms. The van der Waals surface area contributed by atoms with E-state index in [1.54, 1.807) is 24.4 Å². The van der Waals surface area contributed by atoms with Crippen LogP contribution in [-0.4, -0.2) is 41.0 Å². The number of aromatic nitrogens is 1. The minimum Gasteiger partial charge on any atom is -0.297 e. The number of benzene rings is 1. The van der Waals surface area contributed by atoms with Gasteiger partial charge in [0.2, 0.25) is 10.0 Å². The van der Waals surface area contributed by atoms with Gasteiger partial charge in [-0.3, -0.25) is 19.9 Å². The molecule has 0 unspecified atom stereocenters. The number of nitro benzene ring substituents is 1. The van der Waals surface area contributed by atoms with Gasteiger partial charge in [0, 0.05) is 30.6 Å². The van der Waals surface area contributed by atoms with Gasteiger partial charge in [-0.2, -0.15) is 4.31 Å². The first kappa shape index (κ1) is 18.2. The van der Waals surface area contributed by atoms with Crippen LogP contribution in [0.5, 0.6) is 0 Å². The molecule has 0 aliphatic carbocycles. The van der Waals surface area contributed by atoms with Crippen molar-refractivity contribution in [2.75, 3.05) is 6.54 Å². The number of rotatable bonds is 6. The molecule has 0 bridgehead atoms. The Labute approximate surface area is 150 Å². The second kappa shape index (κ2) is 7.30. The van der Waals surface area contributed by atoms with E-state index in [4.69, 9.17) is 0 Å². The topological polar surface area (TPSA) is 110 Å². The van der Waals surface area contributed by atoms with Gasteiger partial charge in [0.05, 0.1) is 22.3 Å². The Kier molecular flexibility index (Phi) is 5.10. The number of hydrogen-bond acceptors (Lipinski definition) is 6. The van der Waals surface area contributed by atoms with Crippen molar-refractivity contribution >= 4 is 21.5 Å². The maximum absolute atomic E-state index is 12.9. The van der Waals surface area contributed by atoms with Crippen LogP contribution in [0.15, 0.2) is 53.6 Å². The first-order chi connectivity index (χ1) is 12.4. The van der Waals surface area contributed by atoms with E-state index in [1.807, 2.05) is 0 Å². The lowest BCUT2D eigenvalue weighted by Crippen LogP contribution is -2.41. The minimum atomic E-state index is -3.90. The molecule has 1 aromatic carbocycles. The molecule has 1 fully saturated rings. The predicted molar refractivity (Wildman–Crippen MR) is 93.0 cm³/mol. The van der Waals surface area contributed by atoms with E-state index in [1.165, 1.54) is 16.4 Å². The SMILES string of the molecule is O=C(Cc1ccccn1)[C@@H]1CCCN1S(=O)(=O)c1ccc([N+](=O)[O-])cc1. The van der Waals surface area contributed by atoms with Gasteiger partial charge in [0.25, 0.3) is 5.69 Å². The molecule has 1 aliphatic heterocycles. The third-order valence-electron chi connectivity index (χ3n) is 4.31. The molecule has 3 rings (SSSR count). The molecular formula is C17H17N3O5S. The van der Waals surface area contributed by atoms with Crippen molar-refractivity contribution in [1.82, 2.24) is 9.29 Å². The number of sulfonamides is 1. The first-order valence-electron chi connectivity index (χ1n) is 8.08. The monoisotopic (exact) mass is 375 g/mol. The summed E-state index contributed by atoms with van der Waals surface area (Å²) in [5, 5.41) is 10.7. The lowest BCUT2D eigenvalue weighted by Gasteiger charge is -2.23. The van der Waals surface area contributed by atoms with E-state index in [0.717, 1.165) is 12.1 Å². The highest BCUT2D eigenvalue weighted by molar-refractivity contribution is 7.89. The van der Waals surface area contributed by atoms with E-state index >= 15 is 0 Å². The molecule has 0 amide bonds. The number of nitro groups is 1. The zero-order chi connectivity index (χ0) is 18.7. The molecule has 1 atom stereocenters. The molecule has 26 heavy (non-hydrogen) atoms. The van der Waals surface area contributed by atoms with Crippen molar-refractivity contribution < 1.29 is 18.1 Å². The van der Waals surface area contributed by atoms with Crippen LogP contribution in [0.25, 0.3) is 0 Å². The molecule has 1 saturated heterocycles.